The summed E-state index contributed by atoms with van der Waals surface area (Å²) in [4.78, 5) is 32.2. The lowest BCUT2D eigenvalue weighted by Crippen LogP contribution is -2.40. The molecule has 8 nitrogen and oxygen atoms in total. The van der Waals surface area contributed by atoms with Gasteiger partial charge in [-0.3, -0.25) is 9.36 Å². The highest BCUT2D eigenvalue weighted by Crippen LogP contribution is 2.40. The molecule has 39 heavy (non-hydrogen) atoms. The minimum Gasteiger partial charge on any atom is -0.493 e. The first-order valence-electron chi connectivity index (χ1n) is 11.9. The lowest BCUT2D eigenvalue weighted by Gasteiger charge is -2.26. The van der Waals surface area contributed by atoms with Crippen LogP contribution < -0.4 is 29.1 Å². The zero-order valence-electron chi connectivity index (χ0n) is 21.7. The van der Waals surface area contributed by atoms with Crippen molar-refractivity contribution in [1.82, 2.24) is 4.57 Å². The number of methoxy groups -OCH3 is 2. The van der Waals surface area contributed by atoms with E-state index in [1.807, 2.05) is 0 Å². The molecule has 1 aliphatic heterocycles. The van der Waals surface area contributed by atoms with E-state index in [9.17, 15) is 9.59 Å². The summed E-state index contributed by atoms with van der Waals surface area (Å²) in [6.07, 6.45) is 3.34. The molecule has 0 radical (unpaired) electrons. The van der Waals surface area contributed by atoms with Gasteiger partial charge in [-0.05, 0) is 55.8 Å². The molecular weight excluding hydrogens is 608 g/mol. The number of halogens is 2. The van der Waals surface area contributed by atoms with E-state index >= 15 is 0 Å². The second-order valence-corrected chi connectivity index (χ2v) is 10.6. The fraction of sp³-hybridized carbons (Fsp3) is 0.250. The number of nitrogens with zero attached hydrogens (tertiary/aromatic N) is 2. The molecule has 0 N–H and O–H groups in total. The van der Waals surface area contributed by atoms with Crippen LogP contribution in [0.25, 0.3) is 6.08 Å². The van der Waals surface area contributed by atoms with Gasteiger partial charge in [0.2, 0.25) is 0 Å². The number of thiazole rings is 1. The predicted molar refractivity (Wildman–Crippen MR) is 155 cm³/mol. The number of fused-ring (bicyclic) bond motifs is 1. The third kappa shape index (κ3) is 5.68. The monoisotopic (exact) mass is 632 g/mol. The summed E-state index contributed by atoms with van der Waals surface area (Å²) < 4.78 is 24.6. The Morgan fingerprint density at radius 2 is 1.92 bits per heavy atom. The fourth-order valence-electron chi connectivity index (χ4n) is 4.22. The second-order valence-electron chi connectivity index (χ2n) is 8.31. The maximum Gasteiger partial charge on any atom is 0.338 e. The van der Waals surface area contributed by atoms with E-state index < -0.39 is 12.0 Å². The van der Waals surface area contributed by atoms with E-state index in [4.69, 9.17) is 30.5 Å². The van der Waals surface area contributed by atoms with Crippen LogP contribution in [0.15, 0.2) is 68.5 Å². The molecule has 0 fully saturated rings. The molecule has 0 bridgehead atoms. The lowest BCUT2D eigenvalue weighted by atomic mass is 9.95. The molecule has 0 aliphatic carbocycles. The van der Waals surface area contributed by atoms with Gasteiger partial charge in [0.1, 0.15) is 12.4 Å². The van der Waals surface area contributed by atoms with Crippen molar-refractivity contribution in [3.63, 3.8) is 0 Å². The molecule has 11 heteroatoms. The van der Waals surface area contributed by atoms with E-state index in [1.54, 1.807) is 56.3 Å². The summed E-state index contributed by atoms with van der Waals surface area (Å²) >= 11 is 11.1. The van der Waals surface area contributed by atoms with Gasteiger partial charge in [0.05, 0.1) is 42.7 Å². The highest BCUT2D eigenvalue weighted by atomic mass is 79.9. The smallest absolute Gasteiger partial charge is 0.338 e. The molecule has 0 amide bonds. The number of allylic oxidation sites excluding steroid dienone is 1. The van der Waals surface area contributed by atoms with Crippen molar-refractivity contribution in [2.45, 2.75) is 19.9 Å². The van der Waals surface area contributed by atoms with E-state index in [0.29, 0.717) is 59.5 Å². The summed E-state index contributed by atoms with van der Waals surface area (Å²) in [6.45, 7) is 7.59. The number of benzene rings is 2. The minimum atomic E-state index is -0.840. The number of carbonyl (C=O) groups is 1. The van der Waals surface area contributed by atoms with Crippen LogP contribution in [-0.4, -0.2) is 38.0 Å². The molecule has 2 heterocycles. The van der Waals surface area contributed by atoms with Crippen molar-refractivity contribution in [3.8, 4) is 17.2 Å². The number of ether oxygens (including phenoxy) is 4. The number of hydrogen-bond acceptors (Lipinski definition) is 8. The number of esters is 1. The predicted octanol–water partition coefficient (Wildman–Crippen LogP) is 4.80. The number of hydrogen-bond donors (Lipinski definition) is 0. The number of carbonyl (C=O) groups excluding carboxylic acids is 1. The molecule has 1 atom stereocenters. The summed E-state index contributed by atoms with van der Waals surface area (Å²) in [6, 6.07) is 7.80. The minimum absolute atomic E-state index is 0.169. The lowest BCUT2D eigenvalue weighted by molar-refractivity contribution is -0.139. The van der Waals surface area contributed by atoms with Crippen LogP contribution in [0.2, 0.25) is 5.02 Å². The number of aromatic nitrogens is 1. The van der Waals surface area contributed by atoms with Crippen LogP contribution in [0.4, 0.5) is 0 Å². The molecule has 0 saturated heterocycles. The standard InChI is InChI=1S/C28H26BrClN2O6S/c1-6-10-38-20-9-8-17(30)11-16(20)12-23-26(33)32-25(18-13-21(35-4)22(36-5)14-19(18)29)24(27(34)37-7-2)15(3)31-28(32)39-23/h6,8-9,11-14,25H,1,7,10H2,2-5H3/b23-12-/t25-/m1/s1. The SMILES string of the molecule is C=CCOc1ccc(Cl)cc1/C=c1\sc2n(c1=O)[C@H](c1cc(OC)c(OC)cc1Br)C(C(=O)OCC)=C(C)N=2. The van der Waals surface area contributed by atoms with Gasteiger partial charge in [-0.1, -0.05) is 51.5 Å². The Balaban J connectivity index is 2.00. The first kappa shape index (κ1) is 28.7. The average molecular weight is 634 g/mol. The van der Waals surface area contributed by atoms with Gasteiger partial charge in [-0.25, -0.2) is 9.79 Å². The zero-order valence-corrected chi connectivity index (χ0v) is 24.9. The Morgan fingerprint density at radius 1 is 1.21 bits per heavy atom. The highest BCUT2D eigenvalue weighted by molar-refractivity contribution is 9.10. The van der Waals surface area contributed by atoms with Crippen LogP contribution in [0.1, 0.15) is 31.0 Å². The normalized spacial score (nSPS) is 14.9. The first-order valence-corrected chi connectivity index (χ1v) is 13.9. The third-order valence-electron chi connectivity index (χ3n) is 5.93. The van der Waals surface area contributed by atoms with Crippen molar-refractivity contribution < 1.29 is 23.7 Å². The van der Waals surface area contributed by atoms with E-state index in [-0.39, 0.29) is 17.7 Å². The Kier molecular flexibility index (Phi) is 8.99. The number of rotatable bonds is 9. The van der Waals surface area contributed by atoms with Crippen LogP contribution in [0, 0.1) is 0 Å². The van der Waals surface area contributed by atoms with Crippen molar-refractivity contribution >= 4 is 50.9 Å². The van der Waals surface area contributed by atoms with E-state index in [0.717, 1.165) is 0 Å². The average Bonchev–Trinajstić information content (AvgIpc) is 3.21. The molecule has 0 unspecified atom stereocenters. The van der Waals surface area contributed by atoms with Crippen molar-refractivity contribution in [1.29, 1.82) is 0 Å². The van der Waals surface area contributed by atoms with Crippen LogP contribution in [0.3, 0.4) is 0 Å². The Labute approximate surface area is 242 Å². The summed E-state index contributed by atoms with van der Waals surface area (Å²) in [7, 11) is 3.05. The van der Waals surface area contributed by atoms with Gasteiger partial charge < -0.3 is 18.9 Å². The summed E-state index contributed by atoms with van der Waals surface area (Å²) in [5.74, 6) is 0.924. The first-order chi connectivity index (χ1) is 18.7. The largest absolute Gasteiger partial charge is 0.493 e. The van der Waals surface area contributed by atoms with Crippen LogP contribution in [0.5, 0.6) is 17.2 Å². The van der Waals surface area contributed by atoms with Gasteiger partial charge in [0.25, 0.3) is 5.56 Å². The molecule has 0 saturated carbocycles. The summed E-state index contributed by atoms with van der Waals surface area (Å²) in [5.41, 5.74) is 1.59. The zero-order chi connectivity index (χ0) is 28.3. The van der Waals surface area contributed by atoms with Gasteiger partial charge in [0.15, 0.2) is 16.3 Å². The maximum absolute atomic E-state index is 14.0. The van der Waals surface area contributed by atoms with Gasteiger partial charge in [-0.2, -0.15) is 0 Å². The molecular formula is C28H26BrClN2O6S. The molecule has 1 aliphatic rings. The van der Waals surface area contributed by atoms with Crippen molar-refractivity contribution in [2.75, 3.05) is 27.4 Å². The molecule has 204 valence electrons. The molecule has 0 spiro atoms. The van der Waals surface area contributed by atoms with Gasteiger partial charge >= 0.3 is 5.97 Å². The van der Waals surface area contributed by atoms with Gasteiger partial charge in [0, 0.05) is 15.1 Å². The quantitative estimate of drug-likeness (QED) is 0.249. The van der Waals surface area contributed by atoms with Crippen LogP contribution in [-0.2, 0) is 9.53 Å². The molecule has 3 aromatic rings. The van der Waals surface area contributed by atoms with E-state index in [2.05, 4.69) is 27.5 Å². The summed E-state index contributed by atoms with van der Waals surface area (Å²) in [5, 5.41) is 0.493. The highest BCUT2D eigenvalue weighted by Gasteiger charge is 2.35. The second kappa shape index (κ2) is 12.2. The van der Waals surface area contributed by atoms with Crippen LogP contribution >= 0.6 is 38.9 Å². The maximum atomic E-state index is 14.0. The fourth-order valence-corrected chi connectivity index (χ4v) is 5.98. The van der Waals surface area contributed by atoms with Gasteiger partial charge in [-0.15, -0.1) is 0 Å². The Hall–Kier alpha value is -3.34. The van der Waals surface area contributed by atoms with E-state index in [1.165, 1.54) is 30.1 Å². The topological polar surface area (TPSA) is 88.3 Å². The van der Waals surface area contributed by atoms with Crippen molar-refractivity contribution in [3.05, 3.63) is 94.6 Å². The Morgan fingerprint density at radius 3 is 2.59 bits per heavy atom. The third-order valence-corrected chi connectivity index (χ3v) is 7.83. The molecule has 2 aromatic carbocycles. The molecule has 1 aromatic heterocycles. The van der Waals surface area contributed by atoms with Crippen molar-refractivity contribution in [2.24, 2.45) is 4.99 Å². The Bertz CT molecular complexity index is 1660. The molecule has 4 rings (SSSR count).